The normalized spacial score (nSPS) is 18.7. The molecule has 2 rings (SSSR count). The summed E-state index contributed by atoms with van der Waals surface area (Å²) in [5.74, 6) is -1.87. The van der Waals surface area contributed by atoms with Crippen LogP contribution < -0.4 is 5.32 Å². The Morgan fingerprint density at radius 1 is 1.12 bits per heavy atom. The molecule has 0 radical (unpaired) electrons. The zero-order valence-electron chi connectivity index (χ0n) is 15.5. The summed E-state index contributed by atoms with van der Waals surface area (Å²) in [6, 6.07) is 1.76. The van der Waals surface area contributed by atoms with E-state index in [1.54, 1.807) is 0 Å². The van der Waals surface area contributed by atoms with Crippen molar-refractivity contribution in [3.8, 4) is 0 Å². The van der Waals surface area contributed by atoms with Crippen LogP contribution in [0.25, 0.3) is 6.08 Å². The third-order valence-electron chi connectivity index (χ3n) is 4.68. The molecule has 0 bridgehead atoms. The van der Waals surface area contributed by atoms with Crippen LogP contribution in [0, 0.1) is 11.6 Å². The molecule has 0 aromatic heterocycles. The highest BCUT2D eigenvalue weighted by Gasteiger charge is 2.52. The smallest absolute Gasteiger partial charge is 0.400 e. The van der Waals surface area contributed by atoms with Crippen LogP contribution in [0.3, 0.4) is 0 Å². The Morgan fingerprint density at radius 2 is 1.62 bits per heavy atom. The summed E-state index contributed by atoms with van der Waals surface area (Å²) in [6.45, 7) is 8.85. The number of amides is 1. The molecule has 1 amide bonds. The average Bonchev–Trinajstić information content (AvgIpc) is 2.74. The molecule has 1 saturated heterocycles. The number of carbonyl (C=O) groups is 2. The minimum atomic E-state index is -0.833. The molecule has 0 aliphatic carbocycles. The molecule has 1 aliphatic rings. The quantitative estimate of drug-likeness (QED) is 0.644. The summed E-state index contributed by atoms with van der Waals surface area (Å²) in [5, 5.41) is 2.61. The first-order valence-electron chi connectivity index (χ1n) is 8.21. The Bertz CT molecular complexity index is 746. The number of aldehydes is 1. The van der Waals surface area contributed by atoms with Gasteiger partial charge in [0.25, 0.3) is 0 Å². The third-order valence-corrected chi connectivity index (χ3v) is 4.68. The van der Waals surface area contributed by atoms with Gasteiger partial charge in [-0.15, -0.1) is 0 Å². The number of hydrogen-bond donors (Lipinski definition) is 1. The fourth-order valence-corrected chi connectivity index (χ4v) is 2.40. The van der Waals surface area contributed by atoms with Gasteiger partial charge in [-0.1, -0.05) is 6.08 Å². The zero-order valence-corrected chi connectivity index (χ0v) is 15.5. The fourth-order valence-electron chi connectivity index (χ4n) is 2.40. The Labute approximate surface area is 151 Å². The van der Waals surface area contributed by atoms with Crippen LogP contribution in [0.5, 0.6) is 0 Å². The molecule has 140 valence electrons. The first-order valence-corrected chi connectivity index (χ1v) is 8.21. The first-order chi connectivity index (χ1) is 12.0. The molecule has 26 heavy (non-hydrogen) atoms. The minimum absolute atomic E-state index is 0.0443. The Kier molecular flexibility index (Phi) is 5.68. The lowest BCUT2D eigenvalue weighted by Gasteiger charge is -2.32. The second-order valence-corrected chi connectivity index (χ2v) is 7.23. The molecule has 1 heterocycles. The van der Waals surface area contributed by atoms with Crippen LogP contribution >= 0.6 is 0 Å². The van der Waals surface area contributed by atoms with E-state index >= 15 is 0 Å². The van der Waals surface area contributed by atoms with E-state index in [9.17, 15) is 18.4 Å². The Morgan fingerprint density at radius 3 is 2.12 bits per heavy atom. The van der Waals surface area contributed by atoms with Gasteiger partial charge in [-0.05, 0) is 45.3 Å². The molecule has 0 unspecified atom stereocenters. The molecule has 1 fully saturated rings. The van der Waals surface area contributed by atoms with E-state index in [1.165, 1.54) is 13.0 Å². The summed E-state index contributed by atoms with van der Waals surface area (Å²) in [5.41, 5.74) is -1.26. The van der Waals surface area contributed by atoms with Gasteiger partial charge in [-0.2, -0.15) is 0 Å². The summed E-state index contributed by atoms with van der Waals surface area (Å²) < 4.78 is 40.0. The van der Waals surface area contributed by atoms with Crippen LogP contribution in [0.4, 0.5) is 8.78 Å². The van der Waals surface area contributed by atoms with Gasteiger partial charge in [0.2, 0.25) is 5.91 Å². The first kappa shape index (κ1) is 20.3. The lowest BCUT2D eigenvalue weighted by molar-refractivity contribution is -0.118. The lowest BCUT2D eigenvalue weighted by Crippen LogP contribution is -2.41. The maximum absolute atomic E-state index is 14.2. The summed E-state index contributed by atoms with van der Waals surface area (Å²) >= 11 is 0. The van der Waals surface area contributed by atoms with E-state index in [0.717, 1.165) is 12.1 Å². The van der Waals surface area contributed by atoms with Gasteiger partial charge in [-0.3, -0.25) is 9.59 Å². The lowest BCUT2D eigenvalue weighted by atomic mass is 9.77. The van der Waals surface area contributed by atoms with E-state index < -0.39 is 30.0 Å². The topological polar surface area (TPSA) is 64.6 Å². The van der Waals surface area contributed by atoms with Crippen LogP contribution in [-0.4, -0.2) is 37.1 Å². The van der Waals surface area contributed by atoms with Crippen LogP contribution in [0.15, 0.2) is 17.6 Å². The number of rotatable bonds is 5. The second kappa shape index (κ2) is 7.29. The van der Waals surface area contributed by atoms with Gasteiger partial charge < -0.3 is 14.6 Å². The summed E-state index contributed by atoms with van der Waals surface area (Å²) in [7, 11) is -0.833. The number of carbonyl (C=O) groups excluding carboxylic acids is 2. The number of hydrogen-bond acceptors (Lipinski definition) is 4. The van der Waals surface area contributed by atoms with Crippen molar-refractivity contribution in [3.05, 3.63) is 40.4 Å². The van der Waals surface area contributed by atoms with Crippen molar-refractivity contribution in [2.45, 2.75) is 45.8 Å². The van der Waals surface area contributed by atoms with E-state index in [0.29, 0.717) is 5.47 Å². The van der Waals surface area contributed by atoms with Crippen LogP contribution in [0.2, 0.25) is 0 Å². The van der Waals surface area contributed by atoms with E-state index in [4.69, 9.17) is 9.31 Å². The van der Waals surface area contributed by atoms with Crippen molar-refractivity contribution in [2.24, 2.45) is 0 Å². The average molecular weight is 365 g/mol. The van der Waals surface area contributed by atoms with Gasteiger partial charge >= 0.3 is 7.12 Å². The van der Waals surface area contributed by atoms with Crippen molar-refractivity contribution < 1.29 is 27.7 Å². The predicted octanol–water partition coefficient (Wildman–Crippen LogP) is 2.93. The second-order valence-electron chi connectivity index (χ2n) is 7.23. The maximum Gasteiger partial charge on any atom is 0.492 e. The standard InChI is InChI=1S/C18H22BF2NO4/c1-11(24)22-9-14(19-25-17(2,3)18(4,5)26-19)6-12-7-16(21)13(10-23)8-15(12)20/h6-8,10H,9H2,1-5H3,(H,22,24). The number of benzene rings is 1. The zero-order chi connectivity index (χ0) is 19.7. The van der Waals surface area contributed by atoms with E-state index in [-0.39, 0.29) is 29.9 Å². The maximum atomic E-state index is 14.2. The molecular weight excluding hydrogens is 343 g/mol. The van der Waals surface area contributed by atoms with Gasteiger partial charge in [-0.25, -0.2) is 8.78 Å². The highest BCUT2D eigenvalue weighted by Crippen LogP contribution is 2.38. The molecule has 1 aliphatic heterocycles. The Hall–Kier alpha value is -2.06. The van der Waals surface area contributed by atoms with E-state index in [2.05, 4.69) is 5.32 Å². The fraction of sp³-hybridized carbons (Fsp3) is 0.444. The highest BCUT2D eigenvalue weighted by molar-refractivity contribution is 6.56. The third kappa shape index (κ3) is 4.19. The largest absolute Gasteiger partial charge is 0.492 e. The van der Waals surface area contributed by atoms with Gasteiger partial charge in [0.1, 0.15) is 11.6 Å². The van der Waals surface area contributed by atoms with Crippen molar-refractivity contribution in [1.82, 2.24) is 5.32 Å². The minimum Gasteiger partial charge on any atom is -0.400 e. The summed E-state index contributed by atoms with van der Waals surface area (Å²) in [6.07, 6.45) is 1.61. The monoisotopic (exact) mass is 365 g/mol. The van der Waals surface area contributed by atoms with Crippen molar-refractivity contribution in [1.29, 1.82) is 0 Å². The van der Waals surface area contributed by atoms with Crippen molar-refractivity contribution in [2.75, 3.05) is 6.54 Å². The molecule has 0 spiro atoms. The van der Waals surface area contributed by atoms with Crippen molar-refractivity contribution in [3.63, 3.8) is 0 Å². The molecular formula is C18H22BF2NO4. The van der Waals surface area contributed by atoms with E-state index in [1.807, 2.05) is 27.7 Å². The summed E-state index contributed by atoms with van der Waals surface area (Å²) in [4.78, 5) is 22.0. The highest BCUT2D eigenvalue weighted by atomic mass is 19.1. The predicted molar refractivity (Wildman–Crippen MR) is 94.5 cm³/mol. The molecule has 0 atom stereocenters. The van der Waals surface area contributed by atoms with Gasteiger partial charge in [0.15, 0.2) is 6.29 Å². The van der Waals surface area contributed by atoms with Gasteiger partial charge in [0, 0.05) is 19.0 Å². The van der Waals surface area contributed by atoms with Crippen LogP contribution in [-0.2, 0) is 14.1 Å². The SMILES string of the molecule is CC(=O)NCC(=Cc1cc(F)c(C=O)cc1F)B1OC(C)(C)C(C)(C)O1. The Balaban J connectivity index is 2.43. The van der Waals surface area contributed by atoms with Crippen LogP contribution in [0.1, 0.15) is 50.5 Å². The van der Waals surface area contributed by atoms with Gasteiger partial charge in [0.05, 0.1) is 16.8 Å². The molecule has 5 nitrogen and oxygen atoms in total. The number of nitrogens with one attached hydrogen (secondary N) is 1. The molecule has 0 saturated carbocycles. The molecule has 8 heteroatoms. The molecule has 1 aromatic carbocycles. The number of halogens is 2. The molecule has 1 N–H and O–H groups in total. The van der Waals surface area contributed by atoms with Crippen molar-refractivity contribution >= 4 is 25.4 Å². The molecule has 1 aromatic rings.